The summed E-state index contributed by atoms with van der Waals surface area (Å²) in [6.07, 6.45) is 3.40. The Morgan fingerprint density at radius 3 is 2.56 bits per heavy atom. The lowest BCUT2D eigenvalue weighted by molar-refractivity contribution is -0.384. The number of carbonyl (C=O) groups is 1. The van der Waals surface area contributed by atoms with Crippen molar-refractivity contribution in [3.8, 4) is 17.1 Å². The van der Waals surface area contributed by atoms with Crippen molar-refractivity contribution < 1.29 is 9.72 Å². The van der Waals surface area contributed by atoms with Gasteiger partial charge in [-0.2, -0.15) is 0 Å². The summed E-state index contributed by atoms with van der Waals surface area (Å²) in [6.45, 7) is 5.55. The first kappa shape index (κ1) is 23.1. The van der Waals surface area contributed by atoms with E-state index >= 15 is 0 Å². The molecule has 172 valence electrons. The van der Waals surface area contributed by atoms with Gasteiger partial charge in [-0.1, -0.05) is 35.5 Å². The number of anilines is 1. The topological polar surface area (TPSA) is 116 Å². The highest BCUT2D eigenvalue weighted by molar-refractivity contribution is 8.00. The first-order chi connectivity index (χ1) is 16.3. The number of nitro groups is 1. The fourth-order valence-corrected chi connectivity index (χ4v) is 4.13. The molecule has 0 saturated heterocycles. The average Bonchev–Trinajstić information content (AvgIpc) is 3.24. The Bertz CT molecular complexity index is 1340. The quantitative estimate of drug-likeness (QED) is 0.228. The van der Waals surface area contributed by atoms with Gasteiger partial charge in [0, 0.05) is 35.8 Å². The maximum Gasteiger partial charge on any atom is 0.271 e. The molecule has 0 aliphatic carbocycles. The van der Waals surface area contributed by atoms with Crippen molar-refractivity contribution in [1.29, 1.82) is 0 Å². The third kappa shape index (κ3) is 4.96. The number of hydrogen-bond donors (Lipinski definition) is 1. The molecule has 1 amide bonds. The van der Waals surface area contributed by atoms with Crippen LogP contribution < -0.4 is 5.32 Å². The SMILES string of the molecule is Cc1ccc(-n2c(S[C@@H](C)C(=O)Nc3cc([N+](=O)[O-])ccc3C)nnc2-c2cccnc2)cc1. The third-order valence-corrected chi connectivity index (χ3v) is 6.23. The molecule has 1 atom stereocenters. The molecule has 0 fully saturated rings. The number of nitrogens with zero attached hydrogens (tertiary/aromatic N) is 5. The number of carbonyl (C=O) groups excluding carboxylic acids is 1. The maximum atomic E-state index is 13.0. The van der Waals surface area contributed by atoms with Crippen LogP contribution >= 0.6 is 11.8 Å². The van der Waals surface area contributed by atoms with Gasteiger partial charge in [-0.3, -0.25) is 24.5 Å². The van der Waals surface area contributed by atoms with Crippen LogP contribution in [-0.4, -0.2) is 35.8 Å². The molecule has 0 spiro atoms. The summed E-state index contributed by atoms with van der Waals surface area (Å²) in [5.41, 5.74) is 3.84. The monoisotopic (exact) mass is 474 g/mol. The Morgan fingerprint density at radius 1 is 1.12 bits per heavy atom. The highest BCUT2D eigenvalue weighted by Gasteiger charge is 2.23. The summed E-state index contributed by atoms with van der Waals surface area (Å²) < 4.78 is 1.89. The lowest BCUT2D eigenvalue weighted by Gasteiger charge is -2.15. The third-order valence-electron chi connectivity index (χ3n) is 5.19. The lowest BCUT2D eigenvalue weighted by atomic mass is 10.2. The molecular weight excluding hydrogens is 452 g/mol. The van der Waals surface area contributed by atoms with E-state index in [1.165, 1.54) is 23.9 Å². The van der Waals surface area contributed by atoms with Crippen molar-refractivity contribution in [3.63, 3.8) is 0 Å². The number of rotatable bonds is 7. The number of amides is 1. The van der Waals surface area contributed by atoms with Gasteiger partial charge in [0.1, 0.15) is 0 Å². The Balaban J connectivity index is 1.63. The van der Waals surface area contributed by atoms with Gasteiger partial charge in [-0.25, -0.2) is 0 Å². The summed E-state index contributed by atoms with van der Waals surface area (Å²) in [6, 6.07) is 16.0. The smallest absolute Gasteiger partial charge is 0.271 e. The molecule has 4 rings (SSSR count). The molecule has 10 heteroatoms. The van der Waals surface area contributed by atoms with Crippen molar-refractivity contribution >= 4 is 29.0 Å². The Kier molecular flexibility index (Phi) is 6.69. The molecule has 2 aromatic carbocycles. The number of aryl methyl sites for hydroxylation is 2. The number of nitrogens with one attached hydrogen (secondary N) is 1. The van der Waals surface area contributed by atoms with Gasteiger partial charge in [-0.15, -0.1) is 10.2 Å². The zero-order valence-corrected chi connectivity index (χ0v) is 19.6. The number of aromatic nitrogens is 4. The minimum atomic E-state index is -0.547. The van der Waals surface area contributed by atoms with Crippen LogP contribution in [0.25, 0.3) is 17.1 Å². The van der Waals surface area contributed by atoms with Gasteiger partial charge in [0.2, 0.25) is 5.91 Å². The molecule has 9 nitrogen and oxygen atoms in total. The molecule has 34 heavy (non-hydrogen) atoms. The summed E-state index contributed by atoms with van der Waals surface area (Å²) in [7, 11) is 0. The predicted octanol–water partition coefficient (Wildman–Crippen LogP) is 4.97. The second-order valence-electron chi connectivity index (χ2n) is 7.72. The number of nitro benzene ring substituents is 1. The van der Waals surface area contributed by atoms with Gasteiger partial charge in [0.05, 0.1) is 15.9 Å². The first-order valence-corrected chi connectivity index (χ1v) is 11.4. The highest BCUT2D eigenvalue weighted by Crippen LogP contribution is 2.31. The molecule has 1 N–H and O–H groups in total. The van der Waals surface area contributed by atoms with Crippen LogP contribution in [0.1, 0.15) is 18.1 Å². The molecule has 0 aliphatic heterocycles. The van der Waals surface area contributed by atoms with Gasteiger partial charge in [-0.05, 0) is 50.6 Å². The number of benzene rings is 2. The number of thioether (sulfide) groups is 1. The fraction of sp³-hybridized carbons (Fsp3) is 0.167. The number of hydrogen-bond acceptors (Lipinski definition) is 7. The molecule has 4 aromatic rings. The summed E-state index contributed by atoms with van der Waals surface area (Å²) >= 11 is 1.25. The van der Waals surface area contributed by atoms with E-state index in [1.807, 2.05) is 47.9 Å². The molecule has 0 unspecified atom stereocenters. The van der Waals surface area contributed by atoms with Gasteiger partial charge < -0.3 is 5.32 Å². The number of pyridine rings is 1. The molecule has 0 saturated carbocycles. The molecular formula is C24H22N6O3S. The molecule has 2 aromatic heterocycles. The van der Waals surface area contributed by atoms with Gasteiger partial charge in [0.15, 0.2) is 11.0 Å². The van der Waals surface area contributed by atoms with Crippen LogP contribution in [-0.2, 0) is 4.79 Å². The minimum absolute atomic E-state index is 0.0820. The second-order valence-corrected chi connectivity index (χ2v) is 9.03. The standard InChI is InChI=1S/C24H22N6O3S/c1-15-6-9-19(10-7-15)29-22(18-5-4-12-25-14-18)27-28-24(29)34-17(3)23(31)26-21-13-20(30(32)33)11-8-16(21)2/h4-14,17H,1-3H3,(H,26,31)/t17-/m0/s1. The van der Waals surface area contributed by atoms with E-state index < -0.39 is 10.2 Å². The first-order valence-electron chi connectivity index (χ1n) is 10.5. The molecule has 0 radical (unpaired) electrons. The summed E-state index contributed by atoms with van der Waals surface area (Å²) in [5, 5.41) is 22.6. The van der Waals surface area contributed by atoms with E-state index in [0.29, 0.717) is 16.7 Å². The predicted molar refractivity (Wildman–Crippen MR) is 131 cm³/mol. The zero-order chi connectivity index (χ0) is 24.2. The molecule has 2 heterocycles. The van der Waals surface area contributed by atoms with E-state index in [4.69, 9.17) is 0 Å². The van der Waals surface area contributed by atoms with Crippen LogP contribution in [0.3, 0.4) is 0 Å². The van der Waals surface area contributed by atoms with Gasteiger partial charge >= 0.3 is 0 Å². The average molecular weight is 475 g/mol. The van der Waals surface area contributed by atoms with E-state index in [9.17, 15) is 14.9 Å². The zero-order valence-electron chi connectivity index (χ0n) is 18.8. The number of non-ortho nitro benzene ring substituents is 1. The van der Waals surface area contributed by atoms with Crippen LogP contribution in [0, 0.1) is 24.0 Å². The van der Waals surface area contributed by atoms with Crippen LogP contribution in [0.15, 0.2) is 72.1 Å². The molecule has 0 aliphatic rings. The van der Waals surface area contributed by atoms with Crippen molar-refractivity contribution in [2.24, 2.45) is 0 Å². The van der Waals surface area contributed by atoms with Gasteiger partial charge in [0.25, 0.3) is 5.69 Å². The van der Waals surface area contributed by atoms with E-state index in [-0.39, 0.29) is 11.6 Å². The Hall–Kier alpha value is -4.05. The Morgan fingerprint density at radius 2 is 1.88 bits per heavy atom. The lowest BCUT2D eigenvalue weighted by Crippen LogP contribution is -2.23. The minimum Gasteiger partial charge on any atom is -0.325 e. The maximum absolute atomic E-state index is 13.0. The Labute approximate surface area is 200 Å². The summed E-state index contributed by atoms with van der Waals surface area (Å²) in [5.74, 6) is 0.316. The summed E-state index contributed by atoms with van der Waals surface area (Å²) in [4.78, 5) is 27.7. The highest BCUT2D eigenvalue weighted by atomic mass is 32.2. The second kappa shape index (κ2) is 9.84. The van der Waals surface area contributed by atoms with Crippen molar-refractivity contribution in [2.45, 2.75) is 31.2 Å². The van der Waals surface area contributed by atoms with Crippen molar-refractivity contribution in [2.75, 3.05) is 5.32 Å². The van der Waals surface area contributed by atoms with Crippen LogP contribution in [0.5, 0.6) is 0 Å². The van der Waals surface area contributed by atoms with Crippen molar-refractivity contribution in [3.05, 3.63) is 88.2 Å². The largest absolute Gasteiger partial charge is 0.325 e. The van der Waals surface area contributed by atoms with Crippen LogP contribution in [0.2, 0.25) is 0 Å². The van der Waals surface area contributed by atoms with Crippen LogP contribution in [0.4, 0.5) is 11.4 Å². The van der Waals surface area contributed by atoms with Crippen molar-refractivity contribution in [1.82, 2.24) is 19.7 Å². The normalized spacial score (nSPS) is 11.7. The van der Waals surface area contributed by atoms with E-state index in [1.54, 1.807) is 32.3 Å². The fourth-order valence-electron chi connectivity index (χ4n) is 3.26. The van der Waals surface area contributed by atoms with E-state index in [2.05, 4.69) is 20.5 Å². The molecule has 0 bridgehead atoms. The van der Waals surface area contributed by atoms with E-state index in [0.717, 1.165) is 22.4 Å².